The molecule has 1 N–H and O–H groups in total. The number of carbonyl (C=O) groups is 1. The van der Waals surface area contributed by atoms with E-state index in [1.807, 2.05) is 31.2 Å². The topological polar surface area (TPSA) is 72.7 Å². The first-order valence-electron chi connectivity index (χ1n) is 9.38. The number of para-hydroxylation sites is 1. The smallest absolute Gasteiger partial charge is 0.230 e. The first-order chi connectivity index (χ1) is 12.6. The number of aryl methyl sites for hydroxylation is 1. The van der Waals surface area contributed by atoms with E-state index in [4.69, 9.17) is 0 Å². The normalized spacial score (nSPS) is 25.4. The summed E-state index contributed by atoms with van der Waals surface area (Å²) in [6.07, 6.45) is 5.38. The molecule has 2 bridgehead atoms. The van der Waals surface area contributed by atoms with Gasteiger partial charge in [-0.05, 0) is 72.9 Å². The fraction of sp³-hybridized carbons (Fsp3) is 0.579. The van der Waals surface area contributed by atoms with Crippen molar-refractivity contribution >= 4 is 17.7 Å². The second-order valence-electron chi connectivity index (χ2n) is 7.64. The van der Waals surface area contributed by atoms with Crippen LogP contribution in [0.1, 0.15) is 38.2 Å². The quantitative estimate of drug-likeness (QED) is 0.790. The lowest BCUT2D eigenvalue weighted by atomic mass is 9.84. The molecule has 6 nitrogen and oxygen atoms in total. The fourth-order valence-electron chi connectivity index (χ4n) is 4.66. The summed E-state index contributed by atoms with van der Waals surface area (Å²) >= 11 is 1.38. The van der Waals surface area contributed by atoms with Crippen molar-refractivity contribution in [3.8, 4) is 5.69 Å². The minimum atomic E-state index is 0.0598. The van der Waals surface area contributed by atoms with Crippen LogP contribution in [-0.4, -0.2) is 37.9 Å². The summed E-state index contributed by atoms with van der Waals surface area (Å²) in [6.45, 7) is 4.18. The van der Waals surface area contributed by atoms with E-state index in [0.717, 1.165) is 23.1 Å². The summed E-state index contributed by atoms with van der Waals surface area (Å²) in [6, 6.07) is 8.20. The summed E-state index contributed by atoms with van der Waals surface area (Å²) in [4.78, 5) is 12.4. The number of thioether (sulfide) groups is 1. The van der Waals surface area contributed by atoms with E-state index in [-0.39, 0.29) is 11.9 Å². The molecule has 1 aromatic heterocycles. The number of benzene rings is 1. The monoisotopic (exact) mass is 371 g/mol. The van der Waals surface area contributed by atoms with Crippen LogP contribution < -0.4 is 5.32 Å². The molecule has 2 aromatic rings. The van der Waals surface area contributed by atoms with E-state index in [9.17, 15) is 4.79 Å². The zero-order valence-corrected chi connectivity index (χ0v) is 16.1. The minimum Gasteiger partial charge on any atom is -0.353 e. The Labute approximate surface area is 158 Å². The van der Waals surface area contributed by atoms with Crippen LogP contribution in [0.15, 0.2) is 29.4 Å². The van der Waals surface area contributed by atoms with Gasteiger partial charge in [0.25, 0.3) is 0 Å². The van der Waals surface area contributed by atoms with E-state index >= 15 is 0 Å². The summed E-state index contributed by atoms with van der Waals surface area (Å²) in [5.41, 5.74) is 2.03. The predicted octanol–water partition coefficient (Wildman–Crippen LogP) is 3.00. The highest BCUT2D eigenvalue weighted by molar-refractivity contribution is 7.99. The van der Waals surface area contributed by atoms with Crippen LogP contribution in [0, 0.1) is 24.7 Å². The van der Waals surface area contributed by atoms with Crippen molar-refractivity contribution in [2.24, 2.45) is 17.8 Å². The van der Waals surface area contributed by atoms with Crippen LogP contribution in [0.2, 0.25) is 0 Å². The molecule has 7 heteroatoms. The second kappa shape index (κ2) is 7.39. The summed E-state index contributed by atoms with van der Waals surface area (Å²) in [7, 11) is 0. The molecule has 4 atom stereocenters. The number of fused-ring (bicyclic) bond motifs is 2. The van der Waals surface area contributed by atoms with Gasteiger partial charge in [0.05, 0.1) is 11.4 Å². The molecule has 0 unspecified atom stereocenters. The number of amides is 1. The summed E-state index contributed by atoms with van der Waals surface area (Å²) < 4.78 is 1.70. The van der Waals surface area contributed by atoms with E-state index in [1.165, 1.54) is 37.4 Å². The standard InChI is InChI=1S/C19H25N5OS/c1-12-5-3-4-6-17(12)24-19(21-22-23-24)26-11-18(25)20-13(2)16-10-14-7-8-15(16)9-14/h3-6,13-16H,7-11H2,1-2H3,(H,20,25)/t13-,14-,15-,16-/m0/s1. The molecule has 1 heterocycles. The predicted molar refractivity (Wildman–Crippen MR) is 101 cm³/mol. The van der Waals surface area contributed by atoms with Gasteiger partial charge in [-0.3, -0.25) is 4.79 Å². The molecular weight excluding hydrogens is 346 g/mol. The zero-order valence-electron chi connectivity index (χ0n) is 15.3. The molecule has 4 rings (SSSR count). The molecule has 138 valence electrons. The number of nitrogens with zero attached hydrogens (tertiary/aromatic N) is 4. The molecule has 2 saturated carbocycles. The van der Waals surface area contributed by atoms with Gasteiger partial charge in [0.15, 0.2) is 0 Å². The Morgan fingerprint density at radius 2 is 2.19 bits per heavy atom. The number of nitrogens with one attached hydrogen (secondary N) is 1. The number of carbonyl (C=O) groups excluding carboxylic acids is 1. The molecule has 2 aliphatic carbocycles. The average molecular weight is 372 g/mol. The fourth-order valence-corrected chi connectivity index (χ4v) is 5.36. The number of hydrogen-bond acceptors (Lipinski definition) is 5. The van der Waals surface area contributed by atoms with Crippen molar-refractivity contribution in [3.63, 3.8) is 0 Å². The van der Waals surface area contributed by atoms with Crippen LogP contribution in [-0.2, 0) is 4.79 Å². The minimum absolute atomic E-state index is 0.0598. The van der Waals surface area contributed by atoms with Gasteiger partial charge in [-0.2, -0.15) is 4.68 Å². The largest absolute Gasteiger partial charge is 0.353 e. The SMILES string of the molecule is Cc1ccccc1-n1nnnc1SCC(=O)N[C@@H](C)[C@@H]1C[C@H]2CC[C@H]1C2. The van der Waals surface area contributed by atoms with Crippen molar-refractivity contribution in [1.29, 1.82) is 0 Å². The highest BCUT2D eigenvalue weighted by atomic mass is 32.2. The Balaban J connectivity index is 1.34. The van der Waals surface area contributed by atoms with E-state index < -0.39 is 0 Å². The van der Waals surface area contributed by atoms with Gasteiger partial charge >= 0.3 is 0 Å². The van der Waals surface area contributed by atoms with Crippen molar-refractivity contribution < 1.29 is 4.79 Å². The molecule has 2 fully saturated rings. The Morgan fingerprint density at radius 3 is 2.92 bits per heavy atom. The van der Waals surface area contributed by atoms with Crippen LogP contribution in [0.25, 0.3) is 5.69 Å². The van der Waals surface area contributed by atoms with Gasteiger partial charge in [0.2, 0.25) is 11.1 Å². The molecule has 0 spiro atoms. The van der Waals surface area contributed by atoms with Crippen molar-refractivity contribution in [2.75, 3.05) is 5.75 Å². The van der Waals surface area contributed by atoms with Gasteiger partial charge < -0.3 is 5.32 Å². The van der Waals surface area contributed by atoms with Gasteiger partial charge in [-0.15, -0.1) is 5.10 Å². The van der Waals surface area contributed by atoms with Gasteiger partial charge in [-0.1, -0.05) is 36.4 Å². The highest BCUT2D eigenvalue weighted by Crippen LogP contribution is 2.49. The van der Waals surface area contributed by atoms with Crippen LogP contribution in [0.4, 0.5) is 0 Å². The van der Waals surface area contributed by atoms with Crippen LogP contribution >= 0.6 is 11.8 Å². The van der Waals surface area contributed by atoms with Crippen LogP contribution in [0.3, 0.4) is 0 Å². The molecule has 0 radical (unpaired) electrons. The van der Waals surface area contributed by atoms with Crippen LogP contribution in [0.5, 0.6) is 0 Å². The third-order valence-electron chi connectivity index (χ3n) is 5.94. The van der Waals surface area contributed by atoms with Crippen molar-refractivity contribution in [1.82, 2.24) is 25.5 Å². The maximum atomic E-state index is 12.4. The van der Waals surface area contributed by atoms with Gasteiger partial charge in [0.1, 0.15) is 0 Å². The Morgan fingerprint density at radius 1 is 1.35 bits per heavy atom. The molecule has 2 aliphatic rings. The maximum absolute atomic E-state index is 12.4. The van der Waals surface area contributed by atoms with E-state index in [1.54, 1.807) is 4.68 Å². The molecule has 1 aromatic carbocycles. The number of aromatic nitrogens is 4. The lowest BCUT2D eigenvalue weighted by Gasteiger charge is -2.28. The highest BCUT2D eigenvalue weighted by Gasteiger charge is 2.42. The van der Waals surface area contributed by atoms with Gasteiger partial charge in [0, 0.05) is 6.04 Å². The molecule has 1 amide bonds. The Kier molecular flexibility index (Phi) is 4.98. The molecule has 0 aliphatic heterocycles. The lowest BCUT2D eigenvalue weighted by Crippen LogP contribution is -2.40. The van der Waals surface area contributed by atoms with Crippen molar-refractivity contribution in [2.45, 2.75) is 50.7 Å². The number of tetrazole rings is 1. The van der Waals surface area contributed by atoms with E-state index in [2.05, 4.69) is 27.8 Å². The van der Waals surface area contributed by atoms with E-state index in [0.29, 0.717) is 16.8 Å². The number of rotatable bonds is 6. The third-order valence-corrected chi connectivity index (χ3v) is 6.86. The molecule has 26 heavy (non-hydrogen) atoms. The first-order valence-corrected chi connectivity index (χ1v) is 10.4. The Bertz CT molecular complexity index is 792. The zero-order chi connectivity index (χ0) is 18.1. The third kappa shape index (κ3) is 3.49. The molecular formula is C19H25N5OS. The van der Waals surface area contributed by atoms with Gasteiger partial charge in [-0.25, -0.2) is 0 Å². The summed E-state index contributed by atoms with van der Waals surface area (Å²) in [5.74, 6) is 2.76. The summed E-state index contributed by atoms with van der Waals surface area (Å²) in [5, 5.41) is 15.8. The second-order valence-corrected chi connectivity index (χ2v) is 8.59. The van der Waals surface area contributed by atoms with Crippen molar-refractivity contribution in [3.05, 3.63) is 29.8 Å². The Hall–Kier alpha value is -1.89. The maximum Gasteiger partial charge on any atom is 0.230 e. The average Bonchev–Trinajstić information content (AvgIpc) is 3.37. The first kappa shape index (κ1) is 17.5. The number of hydrogen-bond donors (Lipinski definition) is 1. The molecule has 0 saturated heterocycles. The lowest BCUT2D eigenvalue weighted by molar-refractivity contribution is -0.119.